The molecule has 0 aromatic rings. The minimum atomic E-state index is -4.12. The standard InChI is InChI=1S/C13H25F3N2S/c1-5-12(4)9-18(6-7-19-13(14,15)16)11(8-17-12)10(2)3/h10-11,17H,5-9H2,1-4H3. The quantitative estimate of drug-likeness (QED) is 0.838. The highest BCUT2D eigenvalue weighted by atomic mass is 32.2. The number of halogens is 3. The highest BCUT2D eigenvalue weighted by molar-refractivity contribution is 8.00. The smallest absolute Gasteiger partial charge is 0.309 e. The van der Waals surface area contributed by atoms with E-state index in [1.54, 1.807) is 0 Å². The van der Waals surface area contributed by atoms with Gasteiger partial charge in [-0.05, 0) is 31.0 Å². The lowest BCUT2D eigenvalue weighted by atomic mass is 9.90. The van der Waals surface area contributed by atoms with E-state index < -0.39 is 5.51 Å². The van der Waals surface area contributed by atoms with E-state index in [2.05, 4.69) is 37.9 Å². The molecule has 2 unspecified atom stereocenters. The molecule has 1 fully saturated rings. The summed E-state index contributed by atoms with van der Waals surface area (Å²) in [7, 11) is 0. The third-order valence-corrected chi connectivity index (χ3v) is 4.67. The molecule has 0 aromatic heterocycles. The first kappa shape index (κ1) is 17.1. The van der Waals surface area contributed by atoms with Gasteiger partial charge in [0.05, 0.1) is 0 Å². The van der Waals surface area contributed by atoms with Crippen LogP contribution in [0.15, 0.2) is 0 Å². The molecule has 19 heavy (non-hydrogen) atoms. The van der Waals surface area contributed by atoms with Gasteiger partial charge in [0.1, 0.15) is 0 Å². The lowest BCUT2D eigenvalue weighted by Gasteiger charge is -2.47. The highest BCUT2D eigenvalue weighted by Gasteiger charge is 2.36. The van der Waals surface area contributed by atoms with Crippen LogP contribution in [0.4, 0.5) is 13.2 Å². The monoisotopic (exact) mass is 298 g/mol. The maximum atomic E-state index is 12.2. The molecule has 0 radical (unpaired) electrons. The first-order chi connectivity index (χ1) is 8.67. The zero-order valence-corrected chi connectivity index (χ0v) is 13.0. The van der Waals surface area contributed by atoms with Crippen molar-refractivity contribution in [3.05, 3.63) is 0 Å². The van der Waals surface area contributed by atoms with Crippen molar-refractivity contribution in [1.82, 2.24) is 10.2 Å². The van der Waals surface area contributed by atoms with Crippen LogP contribution in [0.2, 0.25) is 0 Å². The molecule has 1 aliphatic rings. The predicted octanol–water partition coefficient (Wildman–Crippen LogP) is 3.34. The summed E-state index contributed by atoms with van der Waals surface area (Å²) >= 11 is 0.0866. The molecular weight excluding hydrogens is 273 g/mol. The van der Waals surface area contributed by atoms with Crippen molar-refractivity contribution in [3.63, 3.8) is 0 Å². The Morgan fingerprint density at radius 1 is 1.42 bits per heavy atom. The molecule has 1 saturated heterocycles. The first-order valence-electron chi connectivity index (χ1n) is 6.86. The van der Waals surface area contributed by atoms with E-state index >= 15 is 0 Å². The Morgan fingerprint density at radius 2 is 2.05 bits per heavy atom. The van der Waals surface area contributed by atoms with Gasteiger partial charge in [0.2, 0.25) is 0 Å². The van der Waals surface area contributed by atoms with E-state index in [1.165, 1.54) is 0 Å². The number of alkyl halides is 3. The molecule has 114 valence electrons. The van der Waals surface area contributed by atoms with Gasteiger partial charge in [0.15, 0.2) is 0 Å². The number of piperazine rings is 1. The van der Waals surface area contributed by atoms with Crippen molar-refractivity contribution in [2.24, 2.45) is 5.92 Å². The molecule has 6 heteroatoms. The van der Waals surface area contributed by atoms with Gasteiger partial charge < -0.3 is 5.32 Å². The summed E-state index contributed by atoms with van der Waals surface area (Å²) in [6.07, 6.45) is 0.987. The number of hydrogen-bond acceptors (Lipinski definition) is 3. The van der Waals surface area contributed by atoms with Gasteiger partial charge in [0.25, 0.3) is 0 Å². The third kappa shape index (κ3) is 5.52. The minimum absolute atomic E-state index is 0.0221. The Hall–Kier alpha value is 0.0600. The fraction of sp³-hybridized carbons (Fsp3) is 1.00. The SMILES string of the molecule is CCC1(C)CN(CCSC(F)(F)F)C(C(C)C)CN1. The van der Waals surface area contributed by atoms with Gasteiger partial charge >= 0.3 is 5.51 Å². The number of hydrogen-bond donors (Lipinski definition) is 1. The van der Waals surface area contributed by atoms with Crippen molar-refractivity contribution in [3.8, 4) is 0 Å². The molecule has 0 bridgehead atoms. The Balaban J connectivity index is 2.57. The van der Waals surface area contributed by atoms with Crippen molar-refractivity contribution in [2.75, 3.05) is 25.4 Å². The Kier molecular flexibility index (Phi) is 6.01. The van der Waals surface area contributed by atoms with Gasteiger partial charge in [-0.15, -0.1) is 0 Å². The van der Waals surface area contributed by atoms with Crippen molar-refractivity contribution in [2.45, 2.75) is 51.2 Å². The Labute approximate surface area is 118 Å². The molecule has 1 aliphatic heterocycles. The second-order valence-corrected chi connectivity index (χ2v) is 7.03. The third-order valence-electron chi connectivity index (χ3n) is 3.95. The van der Waals surface area contributed by atoms with Crippen LogP contribution in [0.1, 0.15) is 34.1 Å². The molecule has 0 aromatic carbocycles. The van der Waals surface area contributed by atoms with Crippen LogP contribution in [-0.2, 0) is 0 Å². The molecule has 1 rings (SSSR count). The Bertz CT molecular complexity index is 284. The molecule has 1 heterocycles. The van der Waals surface area contributed by atoms with Gasteiger partial charge in [0, 0.05) is 37.0 Å². The topological polar surface area (TPSA) is 15.3 Å². The van der Waals surface area contributed by atoms with E-state index in [0.29, 0.717) is 18.5 Å². The molecule has 2 nitrogen and oxygen atoms in total. The van der Waals surface area contributed by atoms with Gasteiger partial charge in [-0.25, -0.2) is 0 Å². The van der Waals surface area contributed by atoms with E-state index in [9.17, 15) is 13.2 Å². The number of nitrogens with zero attached hydrogens (tertiary/aromatic N) is 1. The van der Waals surface area contributed by atoms with Crippen LogP contribution in [0, 0.1) is 5.92 Å². The van der Waals surface area contributed by atoms with E-state index in [1.807, 2.05) is 0 Å². The van der Waals surface area contributed by atoms with Crippen molar-refractivity contribution in [1.29, 1.82) is 0 Å². The summed E-state index contributed by atoms with van der Waals surface area (Å²) in [5.41, 5.74) is -4.09. The van der Waals surface area contributed by atoms with Crippen LogP contribution < -0.4 is 5.32 Å². The van der Waals surface area contributed by atoms with Crippen molar-refractivity contribution >= 4 is 11.8 Å². The predicted molar refractivity (Wildman–Crippen MR) is 75.4 cm³/mol. The largest absolute Gasteiger partial charge is 0.441 e. The lowest BCUT2D eigenvalue weighted by Crippen LogP contribution is -2.64. The second kappa shape index (κ2) is 6.68. The fourth-order valence-electron chi connectivity index (χ4n) is 2.52. The molecule has 2 atom stereocenters. The fourth-order valence-corrected chi connectivity index (χ4v) is 3.08. The summed E-state index contributed by atoms with van der Waals surface area (Å²) in [5, 5.41) is 3.54. The van der Waals surface area contributed by atoms with Gasteiger partial charge in [-0.1, -0.05) is 20.8 Å². The van der Waals surface area contributed by atoms with Crippen LogP contribution in [0.25, 0.3) is 0 Å². The molecular formula is C13H25F3N2S. The summed E-state index contributed by atoms with van der Waals surface area (Å²) in [5.74, 6) is 0.566. The zero-order chi connectivity index (χ0) is 14.7. The molecule has 0 aliphatic carbocycles. The minimum Gasteiger partial charge on any atom is -0.309 e. The highest BCUT2D eigenvalue weighted by Crippen LogP contribution is 2.31. The van der Waals surface area contributed by atoms with Gasteiger partial charge in [-0.3, -0.25) is 4.90 Å². The molecule has 1 N–H and O–H groups in total. The van der Waals surface area contributed by atoms with E-state index in [0.717, 1.165) is 19.5 Å². The molecule has 0 spiro atoms. The number of rotatable bonds is 5. The lowest BCUT2D eigenvalue weighted by molar-refractivity contribution is -0.0330. The maximum Gasteiger partial charge on any atom is 0.441 e. The average molecular weight is 298 g/mol. The molecule has 0 saturated carbocycles. The van der Waals surface area contributed by atoms with E-state index in [-0.39, 0.29) is 23.1 Å². The molecule has 0 amide bonds. The van der Waals surface area contributed by atoms with Crippen LogP contribution in [0.3, 0.4) is 0 Å². The normalized spacial score (nSPS) is 30.0. The van der Waals surface area contributed by atoms with Crippen LogP contribution >= 0.6 is 11.8 Å². The Morgan fingerprint density at radius 3 is 2.53 bits per heavy atom. The van der Waals surface area contributed by atoms with Gasteiger partial charge in [-0.2, -0.15) is 13.2 Å². The zero-order valence-electron chi connectivity index (χ0n) is 12.2. The number of nitrogens with one attached hydrogen (secondary N) is 1. The summed E-state index contributed by atoms with van der Waals surface area (Å²) in [6, 6.07) is 0.327. The van der Waals surface area contributed by atoms with Crippen molar-refractivity contribution < 1.29 is 13.2 Å². The van der Waals surface area contributed by atoms with Crippen LogP contribution in [0.5, 0.6) is 0 Å². The number of thioether (sulfide) groups is 1. The second-order valence-electron chi connectivity index (χ2n) is 5.87. The summed E-state index contributed by atoms with van der Waals surface area (Å²) in [6.45, 7) is 10.7. The summed E-state index contributed by atoms with van der Waals surface area (Å²) in [4.78, 5) is 2.23. The maximum absolute atomic E-state index is 12.2. The first-order valence-corrected chi connectivity index (χ1v) is 7.85. The average Bonchev–Trinajstić information content (AvgIpc) is 2.27. The van der Waals surface area contributed by atoms with Crippen LogP contribution in [-0.4, -0.2) is 47.4 Å². The summed E-state index contributed by atoms with van der Waals surface area (Å²) < 4.78 is 36.6. The van der Waals surface area contributed by atoms with E-state index in [4.69, 9.17) is 0 Å².